The molecular formula is C32H46O14. The fourth-order valence-corrected chi connectivity index (χ4v) is 5.71. The lowest BCUT2D eigenvalue weighted by atomic mass is 9.83. The van der Waals surface area contributed by atoms with Crippen LogP contribution in [0.4, 0.5) is 0 Å². The van der Waals surface area contributed by atoms with Crippen LogP contribution in [0, 0.1) is 11.8 Å². The van der Waals surface area contributed by atoms with Crippen LogP contribution < -0.4 is 18.9 Å². The molecule has 0 saturated carbocycles. The van der Waals surface area contributed by atoms with E-state index in [2.05, 4.69) is 0 Å². The summed E-state index contributed by atoms with van der Waals surface area (Å²) in [6, 6.07) is 10.2. The molecule has 2 aliphatic rings. The molecule has 0 aromatic heterocycles. The van der Waals surface area contributed by atoms with Crippen molar-refractivity contribution in [2.45, 2.75) is 88.1 Å². The minimum atomic E-state index is -1.49. The van der Waals surface area contributed by atoms with Gasteiger partial charge in [0.05, 0.1) is 26.4 Å². The molecule has 2 saturated heterocycles. The number of ether oxygens (including phenoxy) is 6. The van der Waals surface area contributed by atoms with Gasteiger partial charge in [0.25, 0.3) is 0 Å². The fourth-order valence-electron chi connectivity index (χ4n) is 5.71. The highest BCUT2D eigenvalue weighted by atomic mass is 16.7. The zero-order valence-corrected chi connectivity index (χ0v) is 26.2. The summed E-state index contributed by atoms with van der Waals surface area (Å²) in [6.45, 7) is 2.68. The summed E-state index contributed by atoms with van der Waals surface area (Å²) < 4.78 is 33.6. The molecule has 46 heavy (non-hydrogen) atoms. The van der Waals surface area contributed by atoms with Crippen molar-refractivity contribution in [1.82, 2.24) is 0 Å². The lowest BCUT2D eigenvalue weighted by Gasteiger charge is -2.39. The summed E-state index contributed by atoms with van der Waals surface area (Å²) in [4.78, 5) is 0. The lowest BCUT2D eigenvalue weighted by Crippen LogP contribution is -2.58. The van der Waals surface area contributed by atoms with Gasteiger partial charge in [-0.2, -0.15) is 0 Å². The third-order valence-electron chi connectivity index (χ3n) is 8.69. The van der Waals surface area contributed by atoms with Gasteiger partial charge in [0.15, 0.2) is 23.0 Å². The number of benzene rings is 2. The van der Waals surface area contributed by atoms with Crippen molar-refractivity contribution >= 4 is 0 Å². The Labute approximate surface area is 267 Å². The quantitative estimate of drug-likeness (QED) is 0.132. The SMILES string of the molecule is COc1cc(C[C@@H](CO)[C@H](CO)Cc2ccc(O[C@@H]3O[C@@H](C)[C@H](O)[C@@H](O)[C@H]3O)c(OC)c2)ccc1O[C@@H]1O[C@@H](C)[C@H](O)[C@@H](O)[C@H]1O. The molecule has 0 amide bonds. The summed E-state index contributed by atoms with van der Waals surface area (Å²) >= 11 is 0. The molecule has 0 radical (unpaired) electrons. The van der Waals surface area contributed by atoms with Crippen LogP contribution in [0.1, 0.15) is 25.0 Å². The Hall–Kier alpha value is -2.76. The van der Waals surface area contributed by atoms with Gasteiger partial charge < -0.3 is 69.3 Å². The first-order valence-electron chi connectivity index (χ1n) is 15.2. The predicted molar refractivity (Wildman–Crippen MR) is 161 cm³/mol. The van der Waals surface area contributed by atoms with Crippen molar-refractivity contribution in [3.8, 4) is 23.0 Å². The molecule has 4 rings (SSSR count). The van der Waals surface area contributed by atoms with Gasteiger partial charge in [0.2, 0.25) is 12.6 Å². The van der Waals surface area contributed by atoms with Gasteiger partial charge in [-0.15, -0.1) is 0 Å². The van der Waals surface area contributed by atoms with Gasteiger partial charge in [0.1, 0.15) is 36.6 Å². The van der Waals surface area contributed by atoms with Crippen LogP contribution in [0.25, 0.3) is 0 Å². The van der Waals surface area contributed by atoms with E-state index >= 15 is 0 Å². The second kappa shape index (κ2) is 15.9. The maximum Gasteiger partial charge on any atom is 0.229 e. The molecule has 14 heteroatoms. The molecular weight excluding hydrogens is 608 g/mol. The highest BCUT2D eigenvalue weighted by molar-refractivity contribution is 5.44. The second-order valence-corrected chi connectivity index (χ2v) is 11.9. The van der Waals surface area contributed by atoms with Gasteiger partial charge in [-0.05, 0) is 73.9 Å². The molecule has 258 valence electrons. The average molecular weight is 655 g/mol. The van der Waals surface area contributed by atoms with E-state index in [9.17, 15) is 40.9 Å². The van der Waals surface area contributed by atoms with Crippen LogP contribution in [-0.4, -0.2) is 130 Å². The third kappa shape index (κ3) is 8.02. The first-order valence-corrected chi connectivity index (χ1v) is 15.2. The van der Waals surface area contributed by atoms with E-state index in [1.807, 2.05) is 0 Å². The van der Waals surface area contributed by atoms with E-state index in [0.29, 0.717) is 24.3 Å². The molecule has 2 aromatic rings. The highest BCUT2D eigenvalue weighted by Crippen LogP contribution is 2.35. The molecule has 14 nitrogen and oxygen atoms in total. The van der Waals surface area contributed by atoms with Gasteiger partial charge in [0, 0.05) is 13.2 Å². The predicted octanol–water partition coefficient (Wildman–Crippen LogP) is -0.881. The third-order valence-corrected chi connectivity index (χ3v) is 8.69. The molecule has 2 aliphatic heterocycles. The van der Waals surface area contributed by atoms with Crippen LogP contribution in [0.15, 0.2) is 36.4 Å². The van der Waals surface area contributed by atoms with Gasteiger partial charge in [-0.1, -0.05) is 12.1 Å². The van der Waals surface area contributed by atoms with E-state index in [1.165, 1.54) is 14.2 Å². The van der Waals surface area contributed by atoms with E-state index in [1.54, 1.807) is 50.2 Å². The van der Waals surface area contributed by atoms with Gasteiger partial charge in [-0.3, -0.25) is 0 Å². The Morgan fingerprint density at radius 2 is 0.935 bits per heavy atom. The summed E-state index contributed by atoms with van der Waals surface area (Å²) in [6.07, 6.45) is -11.7. The molecule has 2 fully saturated rings. The van der Waals surface area contributed by atoms with E-state index in [0.717, 1.165) is 11.1 Å². The molecule has 12 atom stereocenters. The van der Waals surface area contributed by atoms with Crippen LogP contribution in [0.5, 0.6) is 23.0 Å². The zero-order valence-electron chi connectivity index (χ0n) is 26.2. The second-order valence-electron chi connectivity index (χ2n) is 11.9. The maximum absolute atomic E-state index is 10.3. The van der Waals surface area contributed by atoms with Crippen LogP contribution in [0.3, 0.4) is 0 Å². The molecule has 0 unspecified atom stereocenters. The topological polar surface area (TPSA) is 217 Å². The maximum atomic E-state index is 10.3. The molecule has 2 aromatic carbocycles. The van der Waals surface area contributed by atoms with Crippen molar-refractivity contribution in [1.29, 1.82) is 0 Å². The van der Waals surface area contributed by atoms with E-state index in [4.69, 9.17) is 28.4 Å². The van der Waals surface area contributed by atoms with Gasteiger partial charge in [-0.25, -0.2) is 0 Å². The van der Waals surface area contributed by atoms with Crippen molar-refractivity contribution in [3.05, 3.63) is 47.5 Å². The smallest absolute Gasteiger partial charge is 0.229 e. The summed E-state index contributed by atoms with van der Waals surface area (Å²) in [5.41, 5.74) is 1.56. The fraction of sp³-hybridized carbons (Fsp3) is 0.625. The molecule has 0 spiro atoms. The number of methoxy groups -OCH3 is 2. The summed E-state index contributed by atoms with van der Waals surface area (Å²) in [5.74, 6) is 0.413. The van der Waals surface area contributed by atoms with E-state index < -0.39 is 61.4 Å². The molecule has 2 heterocycles. The van der Waals surface area contributed by atoms with Crippen molar-refractivity contribution in [2.75, 3.05) is 27.4 Å². The number of hydrogen-bond donors (Lipinski definition) is 8. The average Bonchev–Trinajstić information content (AvgIpc) is 3.06. The van der Waals surface area contributed by atoms with Crippen LogP contribution in [0.2, 0.25) is 0 Å². The number of aliphatic hydroxyl groups is 8. The van der Waals surface area contributed by atoms with Crippen molar-refractivity contribution < 1.29 is 69.3 Å². The standard InChI is InChI=1S/C32H46O14/c1-15-25(35)27(37)29(39)31(43-15)45-21-7-5-17(11-23(21)41-3)9-19(13-33)20(14-34)10-18-6-8-22(24(12-18)42-4)46-32-30(40)28(38)26(36)16(2)44-32/h5-8,11-12,15-16,19-20,25-40H,9-10,13-14H2,1-4H3/t15-,16-,19-,20-,25-,26-,27+,28+,29+,30+,31-,32-/m0/s1. The lowest BCUT2D eigenvalue weighted by molar-refractivity contribution is -0.268. The first kappa shape index (κ1) is 36.1. The highest BCUT2D eigenvalue weighted by Gasteiger charge is 2.44. The Morgan fingerprint density at radius 1 is 0.565 bits per heavy atom. The van der Waals surface area contributed by atoms with Crippen LogP contribution in [-0.2, 0) is 22.3 Å². The number of rotatable bonds is 13. The number of aliphatic hydroxyl groups excluding tert-OH is 8. The largest absolute Gasteiger partial charge is 0.493 e. The monoisotopic (exact) mass is 654 g/mol. The Balaban J connectivity index is 1.43. The summed E-state index contributed by atoms with van der Waals surface area (Å²) in [5, 5.41) is 81.4. The Bertz CT molecular complexity index is 1170. The molecule has 0 bridgehead atoms. The van der Waals surface area contributed by atoms with E-state index in [-0.39, 0.29) is 36.5 Å². The molecule has 8 N–H and O–H groups in total. The normalized spacial score (nSPS) is 32.8. The Morgan fingerprint density at radius 3 is 1.26 bits per heavy atom. The molecule has 0 aliphatic carbocycles. The summed E-state index contributed by atoms with van der Waals surface area (Å²) in [7, 11) is 2.89. The Kier molecular flexibility index (Phi) is 12.5. The zero-order chi connectivity index (χ0) is 33.7. The first-order chi connectivity index (χ1) is 21.9. The van der Waals surface area contributed by atoms with Crippen LogP contribution >= 0.6 is 0 Å². The minimum Gasteiger partial charge on any atom is -0.493 e. The van der Waals surface area contributed by atoms with Crippen molar-refractivity contribution in [3.63, 3.8) is 0 Å². The van der Waals surface area contributed by atoms with Crippen molar-refractivity contribution in [2.24, 2.45) is 11.8 Å². The minimum absolute atomic E-state index is 0.215. The van der Waals surface area contributed by atoms with Gasteiger partial charge >= 0.3 is 0 Å². The number of hydrogen-bond acceptors (Lipinski definition) is 14.